The zero-order valence-corrected chi connectivity index (χ0v) is 20.6. The van der Waals surface area contributed by atoms with Crippen LogP contribution in [0, 0.1) is 5.41 Å². The van der Waals surface area contributed by atoms with Crippen molar-refractivity contribution in [3.63, 3.8) is 0 Å². The highest BCUT2D eigenvalue weighted by molar-refractivity contribution is 5.95. The van der Waals surface area contributed by atoms with E-state index >= 15 is 0 Å². The zero-order valence-electron chi connectivity index (χ0n) is 20.6. The minimum Gasteiger partial charge on any atom is -0.494 e. The Hall–Kier alpha value is -4.08. The lowest BCUT2D eigenvalue weighted by atomic mass is 10.1. The smallest absolute Gasteiger partial charge is 0.305 e. The van der Waals surface area contributed by atoms with Gasteiger partial charge < -0.3 is 30.9 Å². The average molecular weight is 499 g/mol. The summed E-state index contributed by atoms with van der Waals surface area (Å²) in [5.74, 6) is -0.874. The monoisotopic (exact) mass is 498 g/mol. The molecule has 10 nitrogen and oxygen atoms in total. The summed E-state index contributed by atoms with van der Waals surface area (Å²) in [6.45, 7) is 4.44. The third-order valence-electron chi connectivity index (χ3n) is 5.02. The summed E-state index contributed by atoms with van der Waals surface area (Å²) >= 11 is 0. The largest absolute Gasteiger partial charge is 0.494 e. The maximum atomic E-state index is 12.5. The minimum absolute atomic E-state index is 0.0379. The van der Waals surface area contributed by atoms with Gasteiger partial charge in [-0.1, -0.05) is 12.1 Å². The second kappa shape index (κ2) is 14.3. The first-order valence-electron chi connectivity index (χ1n) is 11.8. The van der Waals surface area contributed by atoms with Crippen molar-refractivity contribution in [2.45, 2.75) is 51.7 Å². The van der Waals surface area contributed by atoms with Gasteiger partial charge in [-0.05, 0) is 68.7 Å². The minimum atomic E-state index is -1.19. The number of carbonyl (C=O) groups is 3. The molecule has 2 aromatic carbocycles. The van der Waals surface area contributed by atoms with Crippen LogP contribution >= 0.6 is 0 Å². The van der Waals surface area contributed by atoms with Crippen molar-refractivity contribution in [3.05, 3.63) is 59.7 Å². The number of nitrogens with two attached hydrogens (primary N) is 1. The van der Waals surface area contributed by atoms with E-state index in [2.05, 4.69) is 10.6 Å². The molecule has 0 fully saturated rings. The van der Waals surface area contributed by atoms with E-state index in [1.54, 1.807) is 24.3 Å². The normalized spacial score (nSPS) is 11.4. The van der Waals surface area contributed by atoms with Gasteiger partial charge >= 0.3 is 5.97 Å². The molecule has 2 rings (SSSR count). The lowest BCUT2D eigenvalue weighted by Gasteiger charge is -2.17. The topological polar surface area (TPSA) is 164 Å². The van der Waals surface area contributed by atoms with Gasteiger partial charge in [-0.25, -0.2) is 0 Å². The van der Waals surface area contributed by atoms with E-state index in [4.69, 9.17) is 25.7 Å². The van der Waals surface area contributed by atoms with Crippen molar-refractivity contribution in [3.8, 4) is 11.5 Å². The van der Waals surface area contributed by atoms with Crippen molar-refractivity contribution in [1.82, 2.24) is 10.6 Å². The molecule has 1 atom stereocenters. The maximum Gasteiger partial charge on any atom is 0.305 e. The van der Waals surface area contributed by atoms with Crippen molar-refractivity contribution >= 4 is 23.6 Å². The predicted octanol–water partition coefficient (Wildman–Crippen LogP) is 2.24. The van der Waals surface area contributed by atoms with Crippen molar-refractivity contribution < 1.29 is 29.0 Å². The predicted molar refractivity (Wildman–Crippen MR) is 135 cm³/mol. The number of hydrogen-bond acceptors (Lipinski definition) is 6. The summed E-state index contributed by atoms with van der Waals surface area (Å²) in [4.78, 5) is 36.0. The van der Waals surface area contributed by atoms with Crippen LogP contribution in [0.4, 0.5) is 0 Å². The molecule has 2 amide bonds. The lowest BCUT2D eigenvalue weighted by molar-refractivity contribution is -0.140. The van der Waals surface area contributed by atoms with Crippen LogP contribution < -0.4 is 25.8 Å². The summed E-state index contributed by atoms with van der Waals surface area (Å²) in [6.07, 6.45) is 0.553. The molecule has 10 heteroatoms. The number of nitrogen functional groups attached to an aromatic ring is 1. The molecule has 0 radical (unpaired) electrons. The molecule has 0 bridgehead atoms. The van der Waals surface area contributed by atoms with Gasteiger partial charge in [-0.15, -0.1) is 0 Å². The Morgan fingerprint density at radius 2 is 1.67 bits per heavy atom. The van der Waals surface area contributed by atoms with Gasteiger partial charge in [0, 0.05) is 18.5 Å². The van der Waals surface area contributed by atoms with Crippen molar-refractivity contribution in [2.75, 3.05) is 13.2 Å². The number of aliphatic carboxylic acids is 1. The Labute approximate surface area is 210 Å². The average Bonchev–Trinajstić information content (AvgIpc) is 2.82. The van der Waals surface area contributed by atoms with Crippen LogP contribution in [-0.2, 0) is 20.8 Å². The fraction of sp³-hybridized carbons (Fsp3) is 0.385. The summed E-state index contributed by atoms with van der Waals surface area (Å²) in [7, 11) is 0. The number of carboxylic acids is 1. The van der Waals surface area contributed by atoms with E-state index in [0.717, 1.165) is 11.3 Å². The maximum absolute atomic E-state index is 12.5. The van der Waals surface area contributed by atoms with E-state index in [9.17, 15) is 14.4 Å². The van der Waals surface area contributed by atoms with Gasteiger partial charge in [-0.2, -0.15) is 0 Å². The molecule has 36 heavy (non-hydrogen) atoms. The lowest BCUT2D eigenvalue weighted by Crippen LogP contribution is -2.48. The number of amidine groups is 1. The van der Waals surface area contributed by atoms with Crippen LogP contribution in [0.2, 0.25) is 0 Å². The summed E-state index contributed by atoms with van der Waals surface area (Å²) < 4.78 is 11.2. The Balaban J connectivity index is 1.75. The fourth-order valence-electron chi connectivity index (χ4n) is 3.26. The molecule has 194 valence electrons. The number of rotatable bonds is 15. The Morgan fingerprint density at radius 1 is 1.03 bits per heavy atom. The number of nitrogens with one attached hydrogen (secondary N) is 3. The van der Waals surface area contributed by atoms with Gasteiger partial charge in [0.2, 0.25) is 11.8 Å². The first-order valence-corrected chi connectivity index (χ1v) is 11.8. The molecule has 0 saturated heterocycles. The van der Waals surface area contributed by atoms with E-state index in [1.165, 1.54) is 0 Å². The summed E-state index contributed by atoms with van der Waals surface area (Å²) in [5, 5.41) is 21.7. The highest BCUT2D eigenvalue weighted by atomic mass is 16.5. The van der Waals surface area contributed by atoms with Gasteiger partial charge in [0.05, 0.1) is 19.1 Å². The van der Waals surface area contributed by atoms with E-state index in [-0.39, 0.29) is 25.0 Å². The fourth-order valence-corrected chi connectivity index (χ4v) is 3.26. The highest BCUT2D eigenvalue weighted by Gasteiger charge is 2.23. The molecule has 0 spiro atoms. The molecule has 0 unspecified atom stereocenters. The first-order chi connectivity index (χ1) is 17.1. The number of carboxylic acid groups (broad SMARTS) is 1. The third kappa shape index (κ3) is 10.5. The van der Waals surface area contributed by atoms with E-state index in [1.807, 2.05) is 38.1 Å². The molecular weight excluding hydrogens is 464 g/mol. The van der Waals surface area contributed by atoms with Gasteiger partial charge in [0.15, 0.2) is 0 Å². The van der Waals surface area contributed by atoms with Crippen molar-refractivity contribution in [2.24, 2.45) is 5.73 Å². The number of carbonyl (C=O) groups excluding carboxylic acids is 2. The van der Waals surface area contributed by atoms with Crippen LogP contribution in [-0.4, -0.2) is 54.0 Å². The molecule has 2 aromatic rings. The van der Waals surface area contributed by atoms with Gasteiger partial charge in [-0.3, -0.25) is 19.8 Å². The SMILES string of the molecule is CC(C)Oc1ccc(CCNC(=O)[C@H](CC(=O)O)NC(=O)CCCOc2ccc(C(=N)N)cc2)cc1. The van der Waals surface area contributed by atoms with Gasteiger partial charge in [0.1, 0.15) is 23.4 Å². The third-order valence-corrected chi connectivity index (χ3v) is 5.02. The number of amides is 2. The van der Waals surface area contributed by atoms with Crippen LogP contribution in [0.1, 0.15) is 44.2 Å². The molecule has 0 heterocycles. The van der Waals surface area contributed by atoms with Crippen molar-refractivity contribution in [1.29, 1.82) is 5.41 Å². The number of ether oxygens (including phenoxy) is 2. The first kappa shape index (κ1) is 28.2. The van der Waals surface area contributed by atoms with E-state index < -0.39 is 30.2 Å². The Bertz CT molecular complexity index is 1020. The Kier molecular flexibility index (Phi) is 11.2. The second-order valence-electron chi connectivity index (χ2n) is 8.46. The van der Waals surface area contributed by atoms with Crippen LogP contribution in [0.25, 0.3) is 0 Å². The Morgan fingerprint density at radius 3 is 2.25 bits per heavy atom. The van der Waals surface area contributed by atoms with Crippen LogP contribution in [0.15, 0.2) is 48.5 Å². The molecule has 0 aromatic heterocycles. The zero-order chi connectivity index (χ0) is 26.5. The number of hydrogen-bond donors (Lipinski definition) is 5. The summed E-state index contributed by atoms with van der Waals surface area (Å²) in [5.41, 5.74) is 6.98. The van der Waals surface area contributed by atoms with Crippen LogP contribution in [0.5, 0.6) is 11.5 Å². The highest BCUT2D eigenvalue weighted by Crippen LogP contribution is 2.14. The van der Waals surface area contributed by atoms with Gasteiger partial charge in [0.25, 0.3) is 0 Å². The molecule has 0 aliphatic rings. The molecular formula is C26H34N4O6. The molecule has 0 aliphatic carbocycles. The van der Waals surface area contributed by atoms with Crippen LogP contribution in [0.3, 0.4) is 0 Å². The standard InChI is InChI=1S/C26H34N4O6/c1-17(2)36-21-9-5-18(6-10-21)13-14-29-26(34)22(16-24(32)33)30-23(31)4-3-15-35-20-11-7-19(8-12-20)25(27)28/h5-12,17,22H,3-4,13-16H2,1-2H3,(H3,27,28)(H,29,34)(H,30,31)(H,32,33)/t22-/m0/s1. The second-order valence-corrected chi connectivity index (χ2v) is 8.46. The quantitative estimate of drug-likeness (QED) is 0.143. The van der Waals surface area contributed by atoms with E-state index in [0.29, 0.717) is 30.7 Å². The molecule has 6 N–H and O–H groups in total. The number of benzene rings is 2. The summed E-state index contributed by atoms with van der Waals surface area (Å²) in [6, 6.07) is 13.0. The molecule has 0 aliphatic heterocycles. The molecule has 0 saturated carbocycles.